The summed E-state index contributed by atoms with van der Waals surface area (Å²) >= 11 is 0. The fraction of sp³-hybridized carbons (Fsp3) is 0.263. The first-order valence-electron chi connectivity index (χ1n) is 7.67. The zero-order chi connectivity index (χ0) is 17.7. The van der Waals surface area contributed by atoms with Gasteiger partial charge < -0.3 is 15.2 Å². The van der Waals surface area contributed by atoms with Crippen LogP contribution in [0.4, 0.5) is 0 Å². The highest BCUT2D eigenvalue weighted by Crippen LogP contribution is 2.24. The van der Waals surface area contributed by atoms with E-state index in [0.29, 0.717) is 11.3 Å². The van der Waals surface area contributed by atoms with Crippen molar-refractivity contribution in [3.05, 3.63) is 65.2 Å². The number of carbonyl (C=O) groups is 2. The molecule has 1 amide bonds. The van der Waals surface area contributed by atoms with Crippen molar-refractivity contribution in [3.8, 4) is 5.75 Å². The van der Waals surface area contributed by atoms with Gasteiger partial charge in [0.05, 0.1) is 19.1 Å². The molecule has 0 saturated carbocycles. The van der Waals surface area contributed by atoms with Crippen molar-refractivity contribution in [2.75, 3.05) is 7.11 Å². The van der Waals surface area contributed by atoms with Crippen LogP contribution in [0.15, 0.2) is 48.5 Å². The van der Waals surface area contributed by atoms with E-state index < -0.39 is 17.9 Å². The molecule has 0 aromatic heterocycles. The summed E-state index contributed by atoms with van der Waals surface area (Å²) in [5, 5.41) is 12.2. The zero-order valence-corrected chi connectivity index (χ0v) is 13.9. The predicted octanol–water partition coefficient (Wildman–Crippen LogP) is 3.20. The molecule has 5 heteroatoms. The van der Waals surface area contributed by atoms with Gasteiger partial charge in [0.25, 0.3) is 5.91 Å². The van der Waals surface area contributed by atoms with Gasteiger partial charge in [-0.15, -0.1) is 0 Å². The molecule has 0 bridgehead atoms. The van der Waals surface area contributed by atoms with Crippen LogP contribution in [-0.4, -0.2) is 24.1 Å². The Morgan fingerprint density at radius 1 is 1.12 bits per heavy atom. The van der Waals surface area contributed by atoms with Gasteiger partial charge in [-0.1, -0.05) is 36.4 Å². The molecule has 2 atom stereocenters. The lowest BCUT2D eigenvalue weighted by atomic mass is 9.94. The van der Waals surface area contributed by atoms with E-state index in [0.717, 1.165) is 11.1 Å². The third-order valence-corrected chi connectivity index (χ3v) is 4.01. The fourth-order valence-electron chi connectivity index (χ4n) is 2.49. The minimum Gasteiger partial charge on any atom is -0.496 e. The summed E-state index contributed by atoms with van der Waals surface area (Å²) in [7, 11) is 1.54. The molecule has 0 spiro atoms. The Bertz CT molecular complexity index is 727. The maximum atomic E-state index is 12.6. The molecule has 0 aliphatic rings. The predicted molar refractivity (Wildman–Crippen MR) is 91.2 cm³/mol. The maximum Gasteiger partial charge on any atom is 0.308 e. The van der Waals surface area contributed by atoms with Crippen LogP contribution >= 0.6 is 0 Å². The Hall–Kier alpha value is -2.82. The molecule has 5 nitrogen and oxygen atoms in total. The van der Waals surface area contributed by atoms with E-state index in [2.05, 4.69) is 5.32 Å². The molecule has 2 rings (SSSR count). The van der Waals surface area contributed by atoms with Gasteiger partial charge in [0.2, 0.25) is 0 Å². The Kier molecular flexibility index (Phi) is 5.58. The molecule has 0 radical (unpaired) electrons. The summed E-state index contributed by atoms with van der Waals surface area (Å²) < 4.78 is 5.24. The Labute approximate surface area is 141 Å². The molecule has 126 valence electrons. The van der Waals surface area contributed by atoms with Gasteiger partial charge in [0.1, 0.15) is 5.75 Å². The number of benzene rings is 2. The molecule has 0 saturated heterocycles. The van der Waals surface area contributed by atoms with E-state index in [1.807, 2.05) is 25.1 Å². The molecule has 0 heterocycles. The first-order valence-corrected chi connectivity index (χ1v) is 7.67. The molecule has 0 aliphatic carbocycles. The minimum absolute atomic E-state index is 0.338. The molecule has 2 N–H and O–H groups in total. The number of rotatable bonds is 6. The fourth-order valence-corrected chi connectivity index (χ4v) is 2.49. The van der Waals surface area contributed by atoms with Crippen molar-refractivity contribution in [1.82, 2.24) is 5.32 Å². The van der Waals surface area contributed by atoms with Crippen LogP contribution in [-0.2, 0) is 4.79 Å². The van der Waals surface area contributed by atoms with Crippen molar-refractivity contribution in [2.45, 2.75) is 19.9 Å². The van der Waals surface area contributed by atoms with E-state index in [4.69, 9.17) is 4.74 Å². The largest absolute Gasteiger partial charge is 0.496 e. The summed E-state index contributed by atoms with van der Waals surface area (Å²) in [5.41, 5.74) is 2.10. The summed E-state index contributed by atoms with van der Waals surface area (Å²) in [6.45, 7) is 3.47. The van der Waals surface area contributed by atoms with Crippen molar-refractivity contribution in [1.29, 1.82) is 0 Å². The molecule has 2 aromatic rings. The average molecular weight is 327 g/mol. The SMILES string of the molecule is COc1cc(C(=O)NC(c2ccccc2)C(C)C(=O)O)ccc1C. The van der Waals surface area contributed by atoms with Gasteiger partial charge in [0.15, 0.2) is 0 Å². The number of methoxy groups -OCH3 is 1. The summed E-state index contributed by atoms with van der Waals surface area (Å²) in [6.07, 6.45) is 0. The van der Waals surface area contributed by atoms with Crippen LogP contribution in [0, 0.1) is 12.8 Å². The third-order valence-electron chi connectivity index (χ3n) is 4.01. The monoisotopic (exact) mass is 327 g/mol. The second-order valence-corrected chi connectivity index (χ2v) is 5.67. The van der Waals surface area contributed by atoms with Gasteiger partial charge in [-0.05, 0) is 37.1 Å². The minimum atomic E-state index is -0.967. The lowest BCUT2D eigenvalue weighted by molar-refractivity contribution is -0.142. The molecule has 0 fully saturated rings. The van der Waals surface area contributed by atoms with Gasteiger partial charge in [-0.25, -0.2) is 0 Å². The number of amides is 1. The topological polar surface area (TPSA) is 75.6 Å². The zero-order valence-electron chi connectivity index (χ0n) is 13.9. The highest BCUT2D eigenvalue weighted by Gasteiger charge is 2.27. The normalized spacial score (nSPS) is 13.0. The van der Waals surface area contributed by atoms with Crippen molar-refractivity contribution < 1.29 is 19.4 Å². The van der Waals surface area contributed by atoms with Crippen LogP contribution in [0.2, 0.25) is 0 Å². The third kappa shape index (κ3) is 3.93. The number of aliphatic carboxylic acids is 1. The summed E-state index contributed by atoms with van der Waals surface area (Å²) in [4.78, 5) is 24.0. The average Bonchev–Trinajstić information content (AvgIpc) is 2.59. The van der Waals surface area contributed by atoms with Crippen LogP contribution < -0.4 is 10.1 Å². The van der Waals surface area contributed by atoms with E-state index in [1.165, 1.54) is 0 Å². The highest BCUT2D eigenvalue weighted by molar-refractivity contribution is 5.95. The summed E-state index contributed by atoms with van der Waals surface area (Å²) in [5.74, 6) is -1.45. The molecular weight excluding hydrogens is 306 g/mol. The first kappa shape index (κ1) is 17.5. The molecule has 2 aromatic carbocycles. The lowest BCUT2D eigenvalue weighted by Gasteiger charge is -2.23. The second kappa shape index (κ2) is 7.64. The van der Waals surface area contributed by atoms with Crippen LogP contribution in [0.5, 0.6) is 5.75 Å². The number of carbonyl (C=O) groups excluding carboxylic acids is 1. The second-order valence-electron chi connectivity index (χ2n) is 5.67. The number of ether oxygens (including phenoxy) is 1. The molecular formula is C19H21NO4. The highest BCUT2D eigenvalue weighted by atomic mass is 16.5. The Morgan fingerprint density at radius 2 is 1.79 bits per heavy atom. The van der Waals surface area contributed by atoms with Crippen molar-refractivity contribution in [3.63, 3.8) is 0 Å². The van der Waals surface area contributed by atoms with Gasteiger partial charge in [0, 0.05) is 5.56 Å². The number of hydrogen-bond donors (Lipinski definition) is 2. The number of hydrogen-bond acceptors (Lipinski definition) is 3. The first-order chi connectivity index (χ1) is 11.4. The number of aryl methyl sites for hydroxylation is 1. The quantitative estimate of drug-likeness (QED) is 0.854. The molecule has 2 unspecified atom stereocenters. The van der Waals surface area contributed by atoms with Gasteiger partial charge >= 0.3 is 5.97 Å². The lowest BCUT2D eigenvalue weighted by Crippen LogP contribution is -2.35. The van der Waals surface area contributed by atoms with Crippen LogP contribution in [0.1, 0.15) is 34.5 Å². The number of carboxylic acids is 1. The maximum absolute atomic E-state index is 12.6. The van der Waals surface area contributed by atoms with E-state index in [9.17, 15) is 14.7 Å². The van der Waals surface area contributed by atoms with Crippen molar-refractivity contribution in [2.24, 2.45) is 5.92 Å². The van der Waals surface area contributed by atoms with E-state index in [1.54, 1.807) is 44.4 Å². The molecule has 24 heavy (non-hydrogen) atoms. The number of carboxylic acid groups (broad SMARTS) is 1. The van der Waals surface area contributed by atoms with Crippen LogP contribution in [0.3, 0.4) is 0 Å². The molecule has 0 aliphatic heterocycles. The Balaban J connectivity index is 2.29. The summed E-state index contributed by atoms with van der Waals surface area (Å²) in [6, 6.07) is 13.6. The Morgan fingerprint density at radius 3 is 2.38 bits per heavy atom. The standard InChI is InChI=1S/C19H21NO4/c1-12-9-10-15(11-16(12)24-3)18(21)20-17(13(2)19(22)23)14-7-5-4-6-8-14/h4-11,13,17H,1-3H3,(H,20,21)(H,22,23). The number of nitrogens with one attached hydrogen (secondary N) is 1. The van der Waals surface area contributed by atoms with Gasteiger partial charge in [-0.2, -0.15) is 0 Å². The van der Waals surface area contributed by atoms with E-state index in [-0.39, 0.29) is 5.91 Å². The van der Waals surface area contributed by atoms with Gasteiger partial charge in [-0.3, -0.25) is 9.59 Å². The van der Waals surface area contributed by atoms with Crippen molar-refractivity contribution >= 4 is 11.9 Å². The van der Waals surface area contributed by atoms with E-state index >= 15 is 0 Å². The van der Waals surface area contributed by atoms with Crippen LogP contribution in [0.25, 0.3) is 0 Å². The smallest absolute Gasteiger partial charge is 0.308 e.